The molecule has 140 valence electrons. The molecule has 0 radical (unpaired) electrons. The van der Waals surface area contributed by atoms with Crippen molar-refractivity contribution < 1.29 is 29.0 Å². The van der Waals surface area contributed by atoms with Gasteiger partial charge in [-0.3, -0.25) is 5.32 Å². The van der Waals surface area contributed by atoms with Crippen LogP contribution in [0.5, 0.6) is 0 Å². The Labute approximate surface area is 156 Å². The van der Waals surface area contributed by atoms with E-state index in [0.717, 1.165) is 5.56 Å². The standard InChI is InChI=1S/C20H19NO6/c1-2-26-19(24)17(12-15-10-6-7-11-16(15)18(22)23)21-20(25)27-13-14-8-4-3-5-9-14/h3-12H,2,13H2,1H3,(H,21,25)(H,22,23)/b17-12-. The number of carbonyl (C=O) groups is 3. The fraction of sp³-hybridized carbons (Fsp3) is 0.150. The number of esters is 1. The summed E-state index contributed by atoms with van der Waals surface area (Å²) in [6.45, 7) is 1.74. The molecule has 0 aliphatic heterocycles. The summed E-state index contributed by atoms with van der Waals surface area (Å²) in [6.07, 6.45) is 0.386. The van der Waals surface area contributed by atoms with Gasteiger partial charge in [0.15, 0.2) is 0 Å². The number of carboxylic acid groups (broad SMARTS) is 1. The molecule has 0 aromatic heterocycles. The Kier molecular flexibility index (Phi) is 7.13. The molecule has 2 aromatic carbocycles. The third-order valence-electron chi connectivity index (χ3n) is 3.44. The lowest BCUT2D eigenvalue weighted by atomic mass is 10.1. The summed E-state index contributed by atoms with van der Waals surface area (Å²) >= 11 is 0. The molecule has 0 atom stereocenters. The lowest BCUT2D eigenvalue weighted by Gasteiger charge is -2.11. The van der Waals surface area contributed by atoms with Crippen molar-refractivity contribution in [2.24, 2.45) is 0 Å². The zero-order chi connectivity index (χ0) is 19.6. The molecule has 0 saturated carbocycles. The van der Waals surface area contributed by atoms with Crippen LogP contribution < -0.4 is 5.32 Å². The monoisotopic (exact) mass is 369 g/mol. The summed E-state index contributed by atoms with van der Waals surface area (Å²) in [7, 11) is 0. The van der Waals surface area contributed by atoms with Crippen LogP contribution >= 0.6 is 0 Å². The van der Waals surface area contributed by atoms with Crippen LogP contribution in [0, 0.1) is 0 Å². The number of alkyl carbamates (subject to hydrolysis) is 1. The van der Waals surface area contributed by atoms with E-state index in [1.165, 1.54) is 18.2 Å². The molecule has 1 amide bonds. The van der Waals surface area contributed by atoms with Crippen LogP contribution in [-0.4, -0.2) is 29.7 Å². The topological polar surface area (TPSA) is 102 Å². The van der Waals surface area contributed by atoms with Gasteiger partial charge in [-0.1, -0.05) is 48.5 Å². The molecule has 27 heavy (non-hydrogen) atoms. The second-order valence-electron chi connectivity index (χ2n) is 5.36. The number of nitrogens with one attached hydrogen (secondary N) is 1. The molecule has 7 nitrogen and oxygen atoms in total. The van der Waals surface area contributed by atoms with Gasteiger partial charge in [0.25, 0.3) is 0 Å². The van der Waals surface area contributed by atoms with Gasteiger partial charge in [0.1, 0.15) is 12.3 Å². The molecular weight excluding hydrogens is 350 g/mol. The first-order valence-electron chi connectivity index (χ1n) is 8.20. The average molecular weight is 369 g/mol. The van der Waals surface area contributed by atoms with Gasteiger partial charge in [0.05, 0.1) is 12.2 Å². The minimum absolute atomic E-state index is 0.0150. The van der Waals surface area contributed by atoms with Crippen LogP contribution in [0.2, 0.25) is 0 Å². The van der Waals surface area contributed by atoms with Gasteiger partial charge >= 0.3 is 18.0 Å². The molecule has 0 saturated heterocycles. The van der Waals surface area contributed by atoms with Gasteiger partial charge in [-0.2, -0.15) is 0 Å². The van der Waals surface area contributed by atoms with Crippen molar-refractivity contribution in [3.63, 3.8) is 0 Å². The van der Waals surface area contributed by atoms with Crippen molar-refractivity contribution in [2.75, 3.05) is 6.61 Å². The first-order valence-corrected chi connectivity index (χ1v) is 8.20. The number of hydrogen-bond acceptors (Lipinski definition) is 5. The van der Waals surface area contributed by atoms with Crippen molar-refractivity contribution in [1.29, 1.82) is 0 Å². The first-order chi connectivity index (χ1) is 13.0. The lowest BCUT2D eigenvalue weighted by molar-refractivity contribution is -0.138. The van der Waals surface area contributed by atoms with E-state index < -0.39 is 18.0 Å². The molecule has 2 aromatic rings. The fourth-order valence-corrected chi connectivity index (χ4v) is 2.20. The Balaban J connectivity index is 2.18. The predicted molar refractivity (Wildman–Crippen MR) is 97.8 cm³/mol. The van der Waals surface area contributed by atoms with Crippen LogP contribution in [-0.2, 0) is 20.9 Å². The number of benzene rings is 2. The Morgan fingerprint density at radius 1 is 1.00 bits per heavy atom. The SMILES string of the molecule is CCOC(=O)/C(=C/c1ccccc1C(=O)O)NC(=O)OCc1ccccc1. The summed E-state index contributed by atoms with van der Waals surface area (Å²) in [5.74, 6) is -1.95. The summed E-state index contributed by atoms with van der Waals surface area (Å²) < 4.78 is 10.0. The minimum Gasteiger partial charge on any atom is -0.478 e. The van der Waals surface area contributed by atoms with Crippen molar-refractivity contribution >= 4 is 24.1 Å². The third-order valence-corrected chi connectivity index (χ3v) is 3.44. The molecule has 7 heteroatoms. The Morgan fingerprint density at radius 3 is 2.33 bits per heavy atom. The average Bonchev–Trinajstić information content (AvgIpc) is 2.67. The number of rotatable bonds is 7. The van der Waals surface area contributed by atoms with Crippen molar-refractivity contribution in [3.8, 4) is 0 Å². The van der Waals surface area contributed by atoms with Crippen molar-refractivity contribution in [1.82, 2.24) is 5.32 Å². The highest BCUT2D eigenvalue weighted by molar-refractivity contribution is 5.99. The van der Waals surface area contributed by atoms with Crippen molar-refractivity contribution in [3.05, 3.63) is 77.0 Å². The largest absolute Gasteiger partial charge is 0.478 e. The number of carbonyl (C=O) groups excluding carboxylic acids is 2. The molecular formula is C20H19NO6. The van der Waals surface area contributed by atoms with E-state index in [-0.39, 0.29) is 30.0 Å². The second kappa shape index (κ2) is 9.76. The van der Waals surface area contributed by atoms with Crippen LogP contribution in [0.3, 0.4) is 0 Å². The fourth-order valence-electron chi connectivity index (χ4n) is 2.20. The molecule has 0 fully saturated rings. The lowest BCUT2D eigenvalue weighted by Crippen LogP contribution is -2.29. The third kappa shape index (κ3) is 6.00. The molecule has 0 unspecified atom stereocenters. The number of aromatic carboxylic acids is 1. The van der Waals surface area contributed by atoms with Gasteiger partial charge in [-0.05, 0) is 30.2 Å². The number of ether oxygens (including phenoxy) is 2. The zero-order valence-corrected chi connectivity index (χ0v) is 14.7. The Hall–Kier alpha value is -3.61. The molecule has 0 aliphatic rings. The molecule has 0 aliphatic carbocycles. The second-order valence-corrected chi connectivity index (χ2v) is 5.36. The van der Waals surface area contributed by atoms with Gasteiger partial charge in [-0.15, -0.1) is 0 Å². The highest BCUT2D eigenvalue weighted by Gasteiger charge is 2.17. The molecule has 0 heterocycles. The van der Waals surface area contributed by atoms with E-state index in [1.54, 1.807) is 31.2 Å². The zero-order valence-electron chi connectivity index (χ0n) is 14.7. The highest BCUT2D eigenvalue weighted by Crippen LogP contribution is 2.13. The van der Waals surface area contributed by atoms with Crippen LogP contribution in [0.1, 0.15) is 28.4 Å². The maximum atomic E-state index is 12.1. The van der Waals surface area contributed by atoms with Gasteiger partial charge in [0.2, 0.25) is 0 Å². The Morgan fingerprint density at radius 2 is 1.67 bits per heavy atom. The van der Waals surface area contributed by atoms with Gasteiger partial charge in [-0.25, -0.2) is 14.4 Å². The van der Waals surface area contributed by atoms with Crippen LogP contribution in [0.15, 0.2) is 60.3 Å². The molecule has 2 rings (SSSR count). The van der Waals surface area contributed by atoms with E-state index in [0.29, 0.717) is 0 Å². The summed E-state index contributed by atoms with van der Waals surface area (Å²) in [4.78, 5) is 35.5. The Bertz CT molecular complexity index is 845. The predicted octanol–water partition coefficient (Wildman–Crippen LogP) is 3.22. The number of hydrogen-bond donors (Lipinski definition) is 2. The maximum absolute atomic E-state index is 12.1. The summed E-state index contributed by atoms with van der Waals surface area (Å²) in [5.41, 5.74) is 0.796. The number of carboxylic acids is 1. The van der Waals surface area contributed by atoms with Gasteiger partial charge in [0, 0.05) is 0 Å². The maximum Gasteiger partial charge on any atom is 0.412 e. The van der Waals surface area contributed by atoms with Crippen LogP contribution in [0.4, 0.5) is 4.79 Å². The minimum atomic E-state index is -1.16. The van der Waals surface area contributed by atoms with E-state index >= 15 is 0 Å². The van der Waals surface area contributed by atoms with E-state index in [1.807, 2.05) is 18.2 Å². The quantitative estimate of drug-likeness (QED) is 0.574. The number of amides is 1. The van der Waals surface area contributed by atoms with E-state index in [2.05, 4.69) is 5.32 Å². The molecule has 0 bridgehead atoms. The summed E-state index contributed by atoms with van der Waals surface area (Å²) in [5, 5.41) is 11.6. The molecule has 2 N–H and O–H groups in total. The molecule has 0 spiro atoms. The first kappa shape index (κ1) is 19.7. The van der Waals surface area contributed by atoms with Crippen molar-refractivity contribution in [2.45, 2.75) is 13.5 Å². The highest BCUT2D eigenvalue weighted by atomic mass is 16.6. The van der Waals surface area contributed by atoms with Gasteiger partial charge < -0.3 is 14.6 Å². The smallest absolute Gasteiger partial charge is 0.412 e. The summed E-state index contributed by atoms with van der Waals surface area (Å²) in [6, 6.07) is 15.1. The van der Waals surface area contributed by atoms with E-state index in [9.17, 15) is 19.5 Å². The normalized spacial score (nSPS) is 10.8. The van der Waals surface area contributed by atoms with E-state index in [4.69, 9.17) is 9.47 Å². The van der Waals surface area contributed by atoms with Crippen LogP contribution in [0.25, 0.3) is 6.08 Å².